The standard InChI is InChI=1S/C9H15N3/c1-3-12(2)7-9-8(10)5-4-6-11-9/h4-6H,3,7,10H2,1-2H3. The van der Waals surface area contributed by atoms with Crippen molar-refractivity contribution in [3.63, 3.8) is 0 Å². The van der Waals surface area contributed by atoms with Crippen molar-refractivity contribution in [1.29, 1.82) is 0 Å². The number of nitrogen functional groups attached to an aromatic ring is 1. The molecule has 0 fully saturated rings. The number of anilines is 1. The third-order valence-corrected chi connectivity index (χ3v) is 1.88. The van der Waals surface area contributed by atoms with Crippen molar-refractivity contribution < 1.29 is 0 Å². The number of hydrogen-bond acceptors (Lipinski definition) is 3. The fourth-order valence-electron chi connectivity index (χ4n) is 0.950. The predicted molar refractivity (Wildman–Crippen MR) is 50.7 cm³/mol. The van der Waals surface area contributed by atoms with Crippen LogP contribution in [-0.2, 0) is 6.54 Å². The molecular formula is C9H15N3. The normalized spacial score (nSPS) is 10.6. The molecule has 1 rings (SSSR count). The van der Waals surface area contributed by atoms with Gasteiger partial charge in [0.05, 0.1) is 11.4 Å². The molecule has 0 aliphatic carbocycles. The first-order valence-corrected chi connectivity index (χ1v) is 4.12. The summed E-state index contributed by atoms with van der Waals surface area (Å²) in [6.45, 7) is 3.94. The summed E-state index contributed by atoms with van der Waals surface area (Å²) in [6.07, 6.45) is 1.77. The second-order valence-corrected chi connectivity index (χ2v) is 2.87. The Balaban J connectivity index is 2.69. The molecule has 1 aromatic rings. The Labute approximate surface area is 73.2 Å². The Morgan fingerprint density at radius 3 is 2.92 bits per heavy atom. The van der Waals surface area contributed by atoms with E-state index in [0.29, 0.717) is 0 Å². The molecule has 0 unspecified atom stereocenters. The first-order valence-electron chi connectivity index (χ1n) is 4.12. The highest BCUT2D eigenvalue weighted by molar-refractivity contribution is 5.41. The molecule has 0 atom stereocenters. The maximum Gasteiger partial charge on any atom is 0.0772 e. The van der Waals surface area contributed by atoms with Crippen molar-refractivity contribution in [3.8, 4) is 0 Å². The average molecular weight is 165 g/mol. The quantitative estimate of drug-likeness (QED) is 0.729. The van der Waals surface area contributed by atoms with Gasteiger partial charge in [0.25, 0.3) is 0 Å². The molecule has 0 radical (unpaired) electrons. The first-order chi connectivity index (χ1) is 5.74. The summed E-state index contributed by atoms with van der Waals surface area (Å²) < 4.78 is 0. The predicted octanol–water partition coefficient (Wildman–Crippen LogP) is 1.12. The number of aromatic nitrogens is 1. The van der Waals surface area contributed by atoms with E-state index < -0.39 is 0 Å². The van der Waals surface area contributed by atoms with E-state index in [2.05, 4.69) is 16.8 Å². The molecule has 0 saturated carbocycles. The van der Waals surface area contributed by atoms with Gasteiger partial charge in [0, 0.05) is 12.7 Å². The zero-order valence-corrected chi connectivity index (χ0v) is 7.62. The molecule has 0 aliphatic rings. The largest absolute Gasteiger partial charge is 0.397 e. The van der Waals surface area contributed by atoms with Crippen LogP contribution in [0, 0.1) is 0 Å². The topological polar surface area (TPSA) is 42.2 Å². The van der Waals surface area contributed by atoms with Crippen LogP contribution in [0.2, 0.25) is 0 Å². The van der Waals surface area contributed by atoms with Gasteiger partial charge < -0.3 is 10.6 Å². The van der Waals surface area contributed by atoms with Crippen molar-refractivity contribution in [2.24, 2.45) is 0 Å². The molecule has 0 saturated heterocycles. The molecule has 1 heterocycles. The zero-order chi connectivity index (χ0) is 8.97. The van der Waals surface area contributed by atoms with Crippen LogP contribution in [0.5, 0.6) is 0 Å². The second kappa shape index (κ2) is 4.07. The van der Waals surface area contributed by atoms with Crippen LogP contribution in [-0.4, -0.2) is 23.5 Å². The van der Waals surface area contributed by atoms with Crippen LogP contribution >= 0.6 is 0 Å². The lowest BCUT2D eigenvalue weighted by atomic mass is 10.3. The van der Waals surface area contributed by atoms with Gasteiger partial charge in [-0.2, -0.15) is 0 Å². The lowest BCUT2D eigenvalue weighted by Crippen LogP contribution is -2.18. The monoisotopic (exact) mass is 165 g/mol. The van der Waals surface area contributed by atoms with E-state index in [1.165, 1.54) is 0 Å². The van der Waals surface area contributed by atoms with Gasteiger partial charge in [-0.3, -0.25) is 4.98 Å². The van der Waals surface area contributed by atoms with E-state index in [9.17, 15) is 0 Å². The Bertz CT molecular complexity index is 247. The van der Waals surface area contributed by atoms with Crippen LogP contribution in [0.3, 0.4) is 0 Å². The maximum absolute atomic E-state index is 5.73. The molecule has 3 nitrogen and oxygen atoms in total. The van der Waals surface area contributed by atoms with Crippen molar-refractivity contribution in [2.45, 2.75) is 13.5 Å². The van der Waals surface area contributed by atoms with Crippen molar-refractivity contribution in [3.05, 3.63) is 24.0 Å². The highest BCUT2D eigenvalue weighted by atomic mass is 15.1. The van der Waals surface area contributed by atoms with E-state index in [4.69, 9.17) is 5.73 Å². The minimum atomic E-state index is 0.776. The summed E-state index contributed by atoms with van der Waals surface area (Å²) in [7, 11) is 2.05. The Kier molecular flexibility index (Phi) is 3.05. The van der Waals surface area contributed by atoms with Crippen LogP contribution in [0.15, 0.2) is 18.3 Å². The summed E-state index contributed by atoms with van der Waals surface area (Å²) >= 11 is 0. The highest BCUT2D eigenvalue weighted by Gasteiger charge is 2.01. The Morgan fingerprint density at radius 1 is 1.58 bits per heavy atom. The Morgan fingerprint density at radius 2 is 2.33 bits per heavy atom. The number of rotatable bonds is 3. The van der Waals surface area contributed by atoms with Gasteiger partial charge in [0.1, 0.15) is 0 Å². The summed E-state index contributed by atoms with van der Waals surface area (Å²) in [4.78, 5) is 6.36. The molecule has 3 heteroatoms. The minimum Gasteiger partial charge on any atom is -0.397 e. The molecular weight excluding hydrogens is 150 g/mol. The molecule has 0 spiro atoms. The fraction of sp³-hybridized carbons (Fsp3) is 0.444. The number of nitrogens with zero attached hydrogens (tertiary/aromatic N) is 2. The van der Waals surface area contributed by atoms with Gasteiger partial charge in [-0.15, -0.1) is 0 Å². The molecule has 0 bridgehead atoms. The number of hydrogen-bond donors (Lipinski definition) is 1. The van der Waals surface area contributed by atoms with Crippen LogP contribution in [0.25, 0.3) is 0 Å². The molecule has 1 aromatic heterocycles. The Hall–Kier alpha value is -1.09. The molecule has 66 valence electrons. The summed E-state index contributed by atoms with van der Waals surface area (Å²) in [5.74, 6) is 0. The van der Waals surface area contributed by atoms with Gasteiger partial charge in [0.2, 0.25) is 0 Å². The SMILES string of the molecule is CCN(C)Cc1ncccc1N. The fourth-order valence-corrected chi connectivity index (χ4v) is 0.950. The third kappa shape index (κ3) is 2.20. The number of pyridine rings is 1. The zero-order valence-electron chi connectivity index (χ0n) is 7.62. The van der Waals surface area contributed by atoms with E-state index in [1.54, 1.807) is 6.20 Å². The number of nitrogens with two attached hydrogens (primary N) is 1. The van der Waals surface area contributed by atoms with Gasteiger partial charge in [0.15, 0.2) is 0 Å². The van der Waals surface area contributed by atoms with E-state index in [-0.39, 0.29) is 0 Å². The van der Waals surface area contributed by atoms with Crippen LogP contribution in [0.4, 0.5) is 5.69 Å². The van der Waals surface area contributed by atoms with Crippen molar-refractivity contribution in [2.75, 3.05) is 19.3 Å². The van der Waals surface area contributed by atoms with Gasteiger partial charge in [-0.25, -0.2) is 0 Å². The smallest absolute Gasteiger partial charge is 0.0772 e. The lowest BCUT2D eigenvalue weighted by molar-refractivity contribution is 0.342. The van der Waals surface area contributed by atoms with Crippen LogP contribution in [0.1, 0.15) is 12.6 Å². The second-order valence-electron chi connectivity index (χ2n) is 2.87. The van der Waals surface area contributed by atoms with E-state index in [0.717, 1.165) is 24.5 Å². The molecule has 2 N–H and O–H groups in total. The summed E-state index contributed by atoms with van der Waals surface area (Å²) in [5.41, 5.74) is 7.47. The van der Waals surface area contributed by atoms with E-state index in [1.807, 2.05) is 19.2 Å². The summed E-state index contributed by atoms with van der Waals surface area (Å²) in [5, 5.41) is 0. The van der Waals surface area contributed by atoms with Crippen molar-refractivity contribution >= 4 is 5.69 Å². The van der Waals surface area contributed by atoms with Gasteiger partial charge >= 0.3 is 0 Å². The minimum absolute atomic E-state index is 0.776. The van der Waals surface area contributed by atoms with E-state index >= 15 is 0 Å². The third-order valence-electron chi connectivity index (χ3n) is 1.88. The summed E-state index contributed by atoms with van der Waals surface area (Å²) in [6, 6.07) is 3.73. The molecule has 12 heavy (non-hydrogen) atoms. The highest BCUT2D eigenvalue weighted by Crippen LogP contribution is 2.08. The van der Waals surface area contributed by atoms with Gasteiger partial charge in [-0.1, -0.05) is 6.92 Å². The molecule has 0 aliphatic heterocycles. The maximum atomic E-state index is 5.73. The van der Waals surface area contributed by atoms with Gasteiger partial charge in [-0.05, 0) is 25.7 Å². The lowest BCUT2D eigenvalue weighted by Gasteiger charge is -2.13. The molecule has 0 aromatic carbocycles. The van der Waals surface area contributed by atoms with Crippen molar-refractivity contribution in [1.82, 2.24) is 9.88 Å². The average Bonchev–Trinajstić information content (AvgIpc) is 2.09. The first kappa shape index (κ1) is 9.00. The van der Waals surface area contributed by atoms with Crippen LogP contribution < -0.4 is 5.73 Å². The molecule has 0 amide bonds.